The van der Waals surface area contributed by atoms with Crippen LogP contribution in [0.3, 0.4) is 0 Å². The third-order valence-corrected chi connectivity index (χ3v) is 5.12. The Balaban J connectivity index is 1.89. The Kier molecular flexibility index (Phi) is 6.90. The molecule has 0 saturated carbocycles. The average Bonchev–Trinajstić information content (AvgIpc) is 2.76. The Hall–Kier alpha value is -3.95. The van der Waals surface area contributed by atoms with Gasteiger partial charge in [0.25, 0.3) is 5.91 Å². The average molecular weight is 479 g/mol. The van der Waals surface area contributed by atoms with Gasteiger partial charge in [-0.25, -0.2) is 13.6 Å². The van der Waals surface area contributed by atoms with Gasteiger partial charge in [-0.1, -0.05) is 6.07 Å². The van der Waals surface area contributed by atoms with Crippen LogP contribution in [0.4, 0.5) is 22.0 Å². The highest BCUT2D eigenvalue weighted by molar-refractivity contribution is 5.94. The lowest BCUT2D eigenvalue weighted by molar-refractivity contribution is -0.137. The Labute approximate surface area is 190 Å². The number of halogens is 5. The molecule has 34 heavy (non-hydrogen) atoms. The standard InChI is InChI=1S/C24H18F5NO4/c1-12-7-19(25)18(23(32)33)10-17(12)13-3-6-21(34-2)14(8-13)11-30-22(31)16-5-4-15(9-20(16)26)24(27,28)29/h3-10H,11H2,1-2H3,(H,30,31)(H,32,33). The van der Waals surface area contributed by atoms with Gasteiger partial charge in [-0.3, -0.25) is 4.79 Å². The van der Waals surface area contributed by atoms with Gasteiger partial charge in [0.1, 0.15) is 17.4 Å². The number of amides is 1. The fourth-order valence-corrected chi connectivity index (χ4v) is 3.38. The van der Waals surface area contributed by atoms with Crippen molar-refractivity contribution in [3.8, 4) is 16.9 Å². The Morgan fingerprint density at radius 2 is 1.65 bits per heavy atom. The normalized spacial score (nSPS) is 11.3. The van der Waals surface area contributed by atoms with E-state index in [1.54, 1.807) is 25.1 Å². The van der Waals surface area contributed by atoms with Crippen molar-refractivity contribution >= 4 is 11.9 Å². The monoisotopic (exact) mass is 479 g/mol. The predicted octanol–water partition coefficient (Wildman–Crippen LogP) is 5.60. The van der Waals surface area contributed by atoms with Gasteiger partial charge in [0.05, 0.1) is 23.8 Å². The molecule has 10 heteroatoms. The fraction of sp³-hybridized carbons (Fsp3) is 0.167. The zero-order valence-electron chi connectivity index (χ0n) is 17.9. The van der Waals surface area contributed by atoms with Crippen molar-refractivity contribution in [2.75, 3.05) is 7.11 Å². The molecule has 0 aliphatic rings. The maximum Gasteiger partial charge on any atom is 0.416 e. The predicted molar refractivity (Wildman–Crippen MR) is 113 cm³/mol. The van der Waals surface area contributed by atoms with Crippen molar-refractivity contribution in [1.29, 1.82) is 0 Å². The summed E-state index contributed by atoms with van der Waals surface area (Å²) in [6, 6.07) is 8.63. The van der Waals surface area contributed by atoms with Gasteiger partial charge < -0.3 is 15.2 Å². The first-order valence-electron chi connectivity index (χ1n) is 9.78. The molecule has 2 N–H and O–H groups in total. The molecule has 0 aromatic heterocycles. The van der Waals surface area contributed by atoms with Crippen molar-refractivity contribution < 1.29 is 41.4 Å². The molecule has 3 aromatic carbocycles. The molecule has 3 aromatic rings. The van der Waals surface area contributed by atoms with Crippen LogP contribution in [0.25, 0.3) is 11.1 Å². The summed E-state index contributed by atoms with van der Waals surface area (Å²) in [6.07, 6.45) is -4.75. The molecule has 1 amide bonds. The zero-order chi connectivity index (χ0) is 25.2. The second-order valence-electron chi connectivity index (χ2n) is 7.35. The van der Waals surface area contributed by atoms with E-state index in [4.69, 9.17) is 4.74 Å². The SMILES string of the molecule is COc1ccc(-c2cc(C(=O)O)c(F)cc2C)cc1CNC(=O)c1ccc(C(F)(F)F)cc1F. The number of alkyl halides is 3. The molecule has 0 saturated heterocycles. The van der Waals surface area contributed by atoms with E-state index < -0.39 is 46.4 Å². The molecule has 0 atom stereocenters. The van der Waals surface area contributed by atoms with Crippen molar-refractivity contribution in [3.05, 3.63) is 88.0 Å². The molecule has 0 spiro atoms. The number of methoxy groups -OCH3 is 1. The molecular weight excluding hydrogens is 461 g/mol. The van der Waals surface area contributed by atoms with Gasteiger partial charge in [-0.2, -0.15) is 13.2 Å². The largest absolute Gasteiger partial charge is 0.496 e. The second kappa shape index (κ2) is 9.50. The highest BCUT2D eigenvalue weighted by atomic mass is 19.4. The van der Waals surface area contributed by atoms with Crippen LogP contribution in [0.1, 0.15) is 37.4 Å². The molecule has 5 nitrogen and oxygen atoms in total. The summed E-state index contributed by atoms with van der Waals surface area (Å²) < 4.78 is 71.5. The quantitative estimate of drug-likeness (QED) is 0.452. The minimum Gasteiger partial charge on any atom is -0.496 e. The lowest BCUT2D eigenvalue weighted by atomic mass is 9.96. The van der Waals surface area contributed by atoms with Gasteiger partial charge >= 0.3 is 12.1 Å². The third-order valence-electron chi connectivity index (χ3n) is 5.12. The van der Waals surface area contributed by atoms with E-state index in [0.29, 0.717) is 34.1 Å². The molecule has 0 radical (unpaired) electrons. The number of carbonyl (C=O) groups excluding carboxylic acids is 1. The first kappa shape index (κ1) is 24.7. The molecule has 0 unspecified atom stereocenters. The summed E-state index contributed by atoms with van der Waals surface area (Å²) in [4.78, 5) is 23.7. The number of ether oxygens (including phenoxy) is 1. The van der Waals surface area contributed by atoms with E-state index >= 15 is 0 Å². The number of carboxylic acid groups (broad SMARTS) is 1. The molecule has 0 heterocycles. The Bertz CT molecular complexity index is 1270. The van der Waals surface area contributed by atoms with Crippen LogP contribution in [0, 0.1) is 18.6 Å². The highest BCUT2D eigenvalue weighted by Gasteiger charge is 2.31. The zero-order valence-corrected chi connectivity index (χ0v) is 17.9. The van der Waals surface area contributed by atoms with Crippen LogP contribution in [0.2, 0.25) is 0 Å². The Morgan fingerprint density at radius 3 is 2.24 bits per heavy atom. The number of carbonyl (C=O) groups is 2. The summed E-state index contributed by atoms with van der Waals surface area (Å²) in [5.74, 6) is -4.23. The summed E-state index contributed by atoms with van der Waals surface area (Å²) in [5.41, 5.74) is -0.469. The lowest BCUT2D eigenvalue weighted by Gasteiger charge is -2.14. The number of nitrogens with one attached hydrogen (secondary N) is 1. The molecular formula is C24H18F5NO4. The summed E-state index contributed by atoms with van der Waals surface area (Å²) in [5, 5.41) is 11.6. The number of carboxylic acids is 1. The molecule has 3 rings (SSSR count). The van der Waals surface area contributed by atoms with Crippen LogP contribution >= 0.6 is 0 Å². The smallest absolute Gasteiger partial charge is 0.416 e. The first-order valence-corrected chi connectivity index (χ1v) is 9.78. The van der Waals surface area contributed by atoms with E-state index in [-0.39, 0.29) is 12.6 Å². The van der Waals surface area contributed by atoms with Crippen LogP contribution in [0.15, 0.2) is 48.5 Å². The number of hydrogen-bond donors (Lipinski definition) is 2. The minimum absolute atomic E-state index is 0.178. The number of hydrogen-bond acceptors (Lipinski definition) is 3. The van der Waals surface area contributed by atoms with Crippen molar-refractivity contribution in [2.45, 2.75) is 19.6 Å². The summed E-state index contributed by atoms with van der Waals surface area (Å²) in [7, 11) is 1.38. The van der Waals surface area contributed by atoms with E-state index in [1.807, 2.05) is 0 Å². The minimum atomic E-state index is -4.75. The second-order valence-corrected chi connectivity index (χ2v) is 7.35. The lowest BCUT2D eigenvalue weighted by Crippen LogP contribution is -2.24. The van der Waals surface area contributed by atoms with Gasteiger partial charge in [0, 0.05) is 12.1 Å². The fourth-order valence-electron chi connectivity index (χ4n) is 3.38. The number of aromatic carboxylic acids is 1. The highest BCUT2D eigenvalue weighted by Crippen LogP contribution is 2.32. The van der Waals surface area contributed by atoms with Crippen LogP contribution < -0.4 is 10.1 Å². The van der Waals surface area contributed by atoms with Crippen molar-refractivity contribution in [3.63, 3.8) is 0 Å². The number of aryl methyl sites for hydroxylation is 1. The summed E-state index contributed by atoms with van der Waals surface area (Å²) >= 11 is 0. The number of rotatable bonds is 6. The van der Waals surface area contributed by atoms with Gasteiger partial charge in [-0.15, -0.1) is 0 Å². The maximum atomic E-state index is 14.1. The van der Waals surface area contributed by atoms with Crippen molar-refractivity contribution in [1.82, 2.24) is 5.32 Å². The molecule has 0 aliphatic heterocycles. The van der Waals surface area contributed by atoms with E-state index in [2.05, 4.69) is 5.32 Å². The maximum absolute atomic E-state index is 14.1. The van der Waals surface area contributed by atoms with Crippen molar-refractivity contribution in [2.24, 2.45) is 0 Å². The molecule has 0 fully saturated rings. The topological polar surface area (TPSA) is 75.6 Å². The van der Waals surface area contributed by atoms with E-state index in [1.165, 1.54) is 13.2 Å². The van der Waals surface area contributed by atoms with E-state index in [0.717, 1.165) is 12.1 Å². The van der Waals surface area contributed by atoms with Gasteiger partial charge in [0.15, 0.2) is 0 Å². The molecule has 0 bridgehead atoms. The Morgan fingerprint density at radius 1 is 0.971 bits per heavy atom. The van der Waals surface area contributed by atoms with Crippen LogP contribution in [-0.2, 0) is 12.7 Å². The van der Waals surface area contributed by atoms with Gasteiger partial charge in [0.2, 0.25) is 0 Å². The van der Waals surface area contributed by atoms with Gasteiger partial charge in [-0.05, 0) is 66.1 Å². The first-order chi connectivity index (χ1) is 15.9. The summed E-state index contributed by atoms with van der Waals surface area (Å²) in [6.45, 7) is 1.42. The third kappa shape index (κ3) is 5.16. The molecule has 178 valence electrons. The van der Waals surface area contributed by atoms with E-state index in [9.17, 15) is 36.6 Å². The molecule has 0 aliphatic carbocycles. The number of benzene rings is 3. The van der Waals surface area contributed by atoms with Crippen LogP contribution in [0.5, 0.6) is 5.75 Å². The van der Waals surface area contributed by atoms with Crippen LogP contribution in [-0.4, -0.2) is 24.1 Å².